The Bertz CT molecular complexity index is 357. The molecule has 2 nitrogen and oxygen atoms in total. The third kappa shape index (κ3) is 4.26. The van der Waals surface area contributed by atoms with E-state index in [1.54, 1.807) is 12.1 Å². The Labute approximate surface area is 107 Å². The summed E-state index contributed by atoms with van der Waals surface area (Å²) >= 11 is 5.71. The predicted octanol–water partition coefficient (Wildman–Crippen LogP) is 2.98. The summed E-state index contributed by atoms with van der Waals surface area (Å²) in [6.45, 7) is 4.70. The van der Waals surface area contributed by atoms with Crippen LogP contribution in [0.5, 0.6) is 0 Å². The molecule has 0 aliphatic rings. The number of rotatable bonds is 6. The van der Waals surface area contributed by atoms with Gasteiger partial charge in [-0.05, 0) is 18.4 Å². The summed E-state index contributed by atoms with van der Waals surface area (Å²) in [5.74, 6) is 0.0255. The number of hydrogen-bond donors (Lipinski definition) is 2. The number of hydrogen-bond acceptors (Lipinski definition) is 2. The normalized spacial score (nSPS) is 13.1. The summed E-state index contributed by atoms with van der Waals surface area (Å²) in [4.78, 5) is 0. The summed E-state index contributed by atoms with van der Waals surface area (Å²) in [6, 6.07) is 5.16. The predicted molar refractivity (Wildman–Crippen MR) is 68.6 cm³/mol. The van der Waals surface area contributed by atoms with Crippen LogP contribution in [0.3, 0.4) is 0 Å². The fourth-order valence-electron chi connectivity index (χ4n) is 1.74. The summed E-state index contributed by atoms with van der Waals surface area (Å²) < 4.78 is 13.6. The van der Waals surface area contributed by atoms with E-state index in [1.807, 2.05) is 0 Å². The number of nitrogens with one attached hydrogen (secondary N) is 1. The maximum absolute atomic E-state index is 13.6. The van der Waals surface area contributed by atoms with Crippen LogP contribution in [0.15, 0.2) is 18.2 Å². The molecule has 0 aromatic heterocycles. The molecule has 0 saturated heterocycles. The van der Waals surface area contributed by atoms with Gasteiger partial charge in [0.15, 0.2) is 0 Å². The van der Waals surface area contributed by atoms with Crippen LogP contribution in [0.2, 0.25) is 5.02 Å². The van der Waals surface area contributed by atoms with Crippen LogP contribution < -0.4 is 5.32 Å². The fourth-order valence-corrected chi connectivity index (χ4v) is 1.93. The number of aliphatic hydroxyl groups excluding tert-OH is 1. The van der Waals surface area contributed by atoms with Crippen LogP contribution in [-0.4, -0.2) is 17.8 Å². The van der Waals surface area contributed by atoms with Crippen molar-refractivity contribution < 1.29 is 9.50 Å². The third-order valence-corrected chi connectivity index (χ3v) is 3.12. The zero-order valence-electron chi connectivity index (χ0n) is 10.2. The minimum atomic E-state index is -0.367. The lowest BCUT2D eigenvalue weighted by Gasteiger charge is -2.21. The summed E-state index contributed by atoms with van der Waals surface area (Å²) in [5.41, 5.74) is 0.557. The van der Waals surface area contributed by atoms with E-state index in [0.29, 0.717) is 24.4 Å². The molecule has 0 bridgehead atoms. The molecule has 0 saturated carbocycles. The highest BCUT2D eigenvalue weighted by atomic mass is 35.5. The van der Waals surface area contributed by atoms with Crippen molar-refractivity contribution >= 4 is 11.6 Å². The van der Waals surface area contributed by atoms with Gasteiger partial charge in [0.25, 0.3) is 0 Å². The first-order valence-corrected chi connectivity index (χ1v) is 6.21. The van der Waals surface area contributed by atoms with Gasteiger partial charge in [0, 0.05) is 24.8 Å². The standard InChI is InChI=1S/C13H19ClFNO/c1-9(2)12(6-7-17)16-8-10-4-3-5-11(14)13(10)15/h3-5,9,12,16-17H,6-8H2,1-2H3. The van der Waals surface area contributed by atoms with E-state index < -0.39 is 0 Å². The Balaban J connectivity index is 2.62. The molecule has 0 aliphatic heterocycles. The Hall–Kier alpha value is -0.640. The van der Waals surface area contributed by atoms with Gasteiger partial charge in [0.05, 0.1) is 5.02 Å². The van der Waals surface area contributed by atoms with Gasteiger partial charge in [-0.3, -0.25) is 0 Å². The lowest BCUT2D eigenvalue weighted by Crippen LogP contribution is -2.34. The van der Waals surface area contributed by atoms with Gasteiger partial charge in [0.1, 0.15) is 5.82 Å². The van der Waals surface area contributed by atoms with Gasteiger partial charge in [-0.1, -0.05) is 37.6 Å². The average Bonchev–Trinajstić information content (AvgIpc) is 2.29. The van der Waals surface area contributed by atoms with Crippen LogP contribution in [0, 0.1) is 11.7 Å². The van der Waals surface area contributed by atoms with E-state index in [4.69, 9.17) is 16.7 Å². The van der Waals surface area contributed by atoms with E-state index >= 15 is 0 Å². The Morgan fingerprint density at radius 2 is 2.12 bits per heavy atom. The van der Waals surface area contributed by atoms with Crippen molar-refractivity contribution in [1.82, 2.24) is 5.32 Å². The first-order chi connectivity index (χ1) is 8.06. The molecular weight excluding hydrogens is 241 g/mol. The topological polar surface area (TPSA) is 32.3 Å². The van der Waals surface area contributed by atoms with E-state index in [-0.39, 0.29) is 23.5 Å². The van der Waals surface area contributed by atoms with Gasteiger partial charge in [0.2, 0.25) is 0 Å². The van der Waals surface area contributed by atoms with Gasteiger partial charge >= 0.3 is 0 Å². The molecule has 0 heterocycles. The van der Waals surface area contributed by atoms with Crippen LogP contribution in [0.4, 0.5) is 4.39 Å². The first kappa shape index (κ1) is 14.4. The molecular formula is C13H19ClFNO. The maximum Gasteiger partial charge on any atom is 0.146 e. The molecule has 0 fully saturated rings. The van der Waals surface area contributed by atoms with Crippen LogP contribution in [0.25, 0.3) is 0 Å². The molecule has 0 spiro atoms. The van der Waals surface area contributed by atoms with Crippen molar-refractivity contribution in [1.29, 1.82) is 0 Å². The minimum Gasteiger partial charge on any atom is -0.396 e. The zero-order chi connectivity index (χ0) is 12.8. The second-order valence-electron chi connectivity index (χ2n) is 4.46. The smallest absolute Gasteiger partial charge is 0.146 e. The van der Waals surface area contributed by atoms with Crippen LogP contribution in [0.1, 0.15) is 25.8 Å². The van der Waals surface area contributed by atoms with Gasteiger partial charge < -0.3 is 10.4 Å². The average molecular weight is 260 g/mol. The molecule has 1 rings (SSSR count). The van der Waals surface area contributed by atoms with E-state index in [1.165, 1.54) is 6.07 Å². The minimum absolute atomic E-state index is 0.133. The monoisotopic (exact) mass is 259 g/mol. The van der Waals surface area contributed by atoms with Crippen LogP contribution in [-0.2, 0) is 6.54 Å². The number of halogens is 2. The quantitative estimate of drug-likeness (QED) is 0.823. The SMILES string of the molecule is CC(C)C(CCO)NCc1cccc(Cl)c1F. The largest absolute Gasteiger partial charge is 0.396 e. The molecule has 0 amide bonds. The summed E-state index contributed by atoms with van der Waals surface area (Å²) in [7, 11) is 0. The Morgan fingerprint density at radius 3 is 2.71 bits per heavy atom. The van der Waals surface area contributed by atoms with Crippen molar-refractivity contribution in [2.75, 3.05) is 6.61 Å². The fraction of sp³-hybridized carbons (Fsp3) is 0.538. The van der Waals surface area contributed by atoms with E-state index in [0.717, 1.165) is 0 Å². The van der Waals surface area contributed by atoms with Gasteiger partial charge in [-0.15, -0.1) is 0 Å². The second-order valence-corrected chi connectivity index (χ2v) is 4.86. The molecule has 1 aromatic rings. The Morgan fingerprint density at radius 1 is 1.41 bits per heavy atom. The summed E-state index contributed by atoms with van der Waals surface area (Å²) in [6.07, 6.45) is 0.667. The molecule has 2 N–H and O–H groups in total. The van der Waals surface area contributed by atoms with E-state index in [9.17, 15) is 4.39 Å². The maximum atomic E-state index is 13.6. The first-order valence-electron chi connectivity index (χ1n) is 5.83. The molecule has 0 aliphatic carbocycles. The van der Waals surface area contributed by atoms with Gasteiger partial charge in [-0.2, -0.15) is 0 Å². The van der Waals surface area contributed by atoms with Crippen molar-refractivity contribution in [3.05, 3.63) is 34.6 Å². The highest BCUT2D eigenvalue weighted by Crippen LogP contribution is 2.18. The van der Waals surface area contributed by atoms with Crippen molar-refractivity contribution in [3.63, 3.8) is 0 Å². The second kappa shape index (κ2) is 6.94. The van der Waals surface area contributed by atoms with Crippen molar-refractivity contribution in [2.24, 2.45) is 5.92 Å². The summed E-state index contributed by atoms with van der Waals surface area (Å²) in [5, 5.41) is 12.3. The molecule has 17 heavy (non-hydrogen) atoms. The third-order valence-electron chi connectivity index (χ3n) is 2.83. The number of aliphatic hydroxyl groups is 1. The van der Waals surface area contributed by atoms with Crippen molar-refractivity contribution in [2.45, 2.75) is 32.9 Å². The molecule has 1 unspecified atom stereocenters. The van der Waals surface area contributed by atoms with Gasteiger partial charge in [-0.25, -0.2) is 4.39 Å². The van der Waals surface area contributed by atoms with Crippen LogP contribution >= 0.6 is 11.6 Å². The van der Waals surface area contributed by atoms with Crippen molar-refractivity contribution in [3.8, 4) is 0 Å². The molecule has 1 atom stereocenters. The number of benzene rings is 1. The Kier molecular flexibility index (Phi) is 5.89. The zero-order valence-corrected chi connectivity index (χ0v) is 11.0. The molecule has 96 valence electrons. The molecule has 4 heteroatoms. The highest BCUT2D eigenvalue weighted by Gasteiger charge is 2.13. The lowest BCUT2D eigenvalue weighted by molar-refractivity contribution is 0.243. The molecule has 1 aromatic carbocycles. The highest BCUT2D eigenvalue weighted by molar-refractivity contribution is 6.30. The molecule has 0 radical (unpaired) electrons. The lowest BCUT2D eigenvalue weighted by atomic mass is 10.0. The van der Waals surface area contributed by atoms with E-state index in [2.05, 4.69) is 19.2 Å².